The fourth-order valence-corrected chi connectivity index (χ4v) is 3.07. The molecule has 2 amide bonds. The molecule has 2 aliphatic rings. The second-order valence-corrected chi connectivity index (χ2v) is 8.03. The molecule has 1 N–H and O–H groups in total. The zero-order valence-electron chi connectivity index (χ0n) is 15.7. The van der Waals surface area contributed by atoms with Gasteiger partial charge in [-0.3, -0.25) is 0 Å². The number of ether oxygens (including phenoxy) is 1. The predicted molar refractivity (Wildman–Crippen MR) is 96.9 cm³/mol. The fraction of sp³-hybridized carbons (Fsp3) is 0.722. The number of likely N-dealkylation sites (N-methyl/N-ethyl adjacent to an activating group) is 1. The van der Waals surface area contributed by atoms with Gasteiger partial charge in [0, 0.05) is 44.8 Å². The van der Waals surface area contributed by atoms with E-state index in [1.165, 1.54) is 0 Å². The first-order chi connectivity index (χ1) is 11.8. The molecule has 0 atom stereocenters. The van der Waals surface area contributed by atoms with Crippen molar-refractivity contribution in [3.05, 3.63) is 17.8 Å². The number of carbonyl (C=O) groups excluding carboxylic acids is 1. The van der Waals surface area contributed by atoms with Crippen molar-refractivity contribution >= 4 is 11.8 Å². The van der Waals surface area contributed by atoms with Gasteiger partial charge in [0.2, 0.25) is 0 Å². The maximum absolute atomic E-state index is 12.4. The Kier molecular flexibility index (Phi) is 5.13. The van der Waals surface area contributed by atoms with Gasteiger partial charge in [-0.25, -0.2) is 4.79 Å². The number of anilines is 1. The first-order valence-corrected chi connectivity index (χ1v) is 9.05. The molecule has 2 aliphatic heterocycles. The second kappa shape index (κ2) is 7.15. The van der Waals surface area contributed by atoms with E-state index in [0.29, 0.717) is 0 Å². The van der Waals surface area contributed by atoms with Crippen LogP contribution in [0.25, 0.3) is 0 Å². The van der Waals surface area contributed by atoms with Crippen molar-refractivity contribution in [1.82, 2.24) is 20.4 Å². The Hall–Kier alpha value is -1.89. The Morgan fingerprint density at radius 2 is 1.92 bits per heavy atom. The highest BCUT2D eigenvalue weighted by Gasteiger charge is 2.34. The van der Waals surface area contributed by atoms with Crippen LogP contribution in [0.4, 0.5) is 10.6 Å². The molecule has 3 rings (SSSR count). The molecular weight excluding hydrogens is 318 g/mol. The number of hydrogen-bond acceptors (Lipinski definition) is 5. The molecule has 2 saturated heterocycles. The van der Waals surface area contributed by atoms with Crippen LogP contribution in [-0.2, 0) is 10.2 Å². The van der Waals surface area contributed by atoms with E-state index in [1.807, 2.05) is 24.1 Å². The topological polar surface area (TPSA) is 70.6 Å². The van der Waals surface area contributed by atoms with E-state index in [4.69, 9.17) is 4.74 Å². The largest absolute Gasteiger partial charge is 0.381 e. The highest BCUT2D eigenvalue weighted by atomic mass is 16.5. The summed E-state index contributed by atoms with van der Waals surface area (Å²) < 4.78 is 5.33. The lowest BCUT2D eigenvalue weighted by Crippen LogP contribution is -2.62. The van der Waals surface area contributed by atoms with Gasteiger partial charge in [0.1, 0.15) is 0 Å². The van der Waals surface area contributed by atoms with Crippen LogP contribution >= 0.6 is 0 Å². The summed E-state index contributed by atoms with van der Waals surface area (Å²) in [6.07, 6.45) is 1.79. The second-order valence-electron chi connectivity index (χ2n) is 8.03. The van der Waals surface area contributed by atoms with Crippen LogP contribution in [0.2, 0.25) is 0 Å². The summed E-state index contributed by atoms with van der Waals surface area (Å²) in [6.45, 7) is 9.43. The standard InChI is InChI=1S/C18H29N5O2/c1-18(2,3)15-5-6-16(21-20-15)23-11-14(12-23)22(4)17(24)19-13-7-9-25-10-8-13/h5-6,13-14H,7-12H2,1-4H3,(H,19,24). The highest BCUT2D eigenvalue weighted by molar-refractivity contribution is 5.75. The molecule has 1 aromatic heterocycles. The van der Waals surface area contributed by atoms with Crippen molar-refractivity contribution in [1.29, 1.82) is 0 Å². The van der Waals surface area contributed by atoms with Gasteiger partial charge in [0.15, 0.2) is 5.82 Å². The van der Waals surface area contributed by atoms with E-state index >= 15 is 0 Å². The summed E-state index contributed by atoms with van der Waals surface area (Å²) in [5, 5.41) is 11.8. The van der Waals surface area contributed by atoms with Gasteiger partial charge in [-0.1, -0.05) is 20.8 Å². The van der Waals surface area contributed by atoms with Crippen LogP contribution in [0.15, 0.2) is 12.1 Å². The molecule has 2 fully saturated rings. The van der Waals surface area contributed by atoms with Crippen LogP contribution in [0.1, 0.15) is 39.3 Å². The molecule has 0 bridgehead atoms. The molecule has 138 valence electrons. The predicted octanol–water partition coefficient (Wildman–Crippen LogP) is 1.78. The maximum Gasteiger partial charge on any atom is 0.317 e. The van der Waals surface area contributed by atoms with Crippen molar-refractivity contribution in [3.8, 4) is 0 Å². The van der Waals surface area contributed by atoms with Crippen molar-refractivity contribution in [2.75, 3.05) is 38.3 Å². The number of carbonyl (C=O) groups is 1. The SMILES string of the molecule is CN(C(=O)NC1CCOCC1)C1CN(c2ccc(C(C)(C)C)nn2)C1. The monoisotopic (exact) mass is 347 g/mol. The van der Waals surface area contributed by atoms with Crippen LogP contribution in [0.3, 0.4) is 0 Å². The Morgan fingerprint density at radius 1 is 1.24 bits per heavy atom. The zero-order chi connectivity index (χ0) is 18.0. The lowest BCUT2D eigenvalue weighted by molar-refractivity contribution is 0.0773. The third kappa shape index (κ3) is 4.21. The quantitative estimate of drug-likeness (QED) is 0.902. The summed E-state index contributed by atoms with van der Waals surface area (Å²) in [5.41, 5.74) is 0.993. The number of nitrogens with one attached hydrogen (secondary N) is 1. The molecule has 0 aliphatic carbocycles. The lowest BCUT2D eigenvalue weighted by Gasteiger charge is -2.44. The Bertz CT molecular complexity index is 586. The van der Waals surface area contributed by atoms with Crippen molar-refractivity contribution in [2.45, 2.75) is 51.1 Å². The highest BCUT2D eigenvalue weighted by Crippen LogP contribution is 2.24. The molecule has 0 spiro atoms. The number of nitrogens with zero attached hydrogens (tertiary/aromatic N) is 4. The third-order valence-electron chi connectivity index (χ3n) is 5.02. The summed E-state index contributed by atoms with van der Waals surface area (Å²) in [5.74, 6) is 0.877. The van der Waals surface area contributed by atoms with E-state index in [-0.39, 0.29) is 23.5 Å². The van der Waals surface area contributed by atoms with Gasteiger partial charge in [-0.05, 0) is 25.0 Å². The van der Waals surface area contributed by atoms with Crippen LogP contribution in [0.5, 0.6) is 0 Å². The fourth-order valence-electron chi connectivity index (χ4n) is 3.07. The average Bonchev–Trinajstić information content (AvgIpc) is 2.54. The summed E-state index contributed by atoms with van der Waals surface area (Å²) in [7, 11) is 1.87. The lowest BCUT2D eigenvalue weighted by atomic mass is 9.92. The maximum atomic E-state index is 12.4. The smallest absolute Gasteiger partial charge is 0.317 e. The molecule has 0 radical (unpaired) electrons. The normalized spacial score (nSPS) is 19.4. The first-order valence-electron chi connectivity index (χ1n) is 9.05. The third-order valence-corrected chi connectivity index (χ3v) is 5.02. The minimum atomic E-state index is 0.00529. The number of amides is 2. The average molecular weight is 347 g/mol. The number of hydrogen-bond donors (Lipinski definition) is 1. The van der Waals surface area contributed by atoms with E-state index in [1.54, 1.807) is 0 Å². The van der Waals surface area contributed by atoms with E-state index in [9.17, 15) is 4.79 Å². The van der Waals surface area contributed by atoms with Crippen molar-refractivity contribution in [2.24, 2.45) is 0 Å². The minimum absolute atomic E-state index is 0.00529. The Labute approximate surface area is 149 Å². The minimum Gasteiger partial charge on any atom is -0.381 e. The van der Waals surface area contributed by atoms with Crippen molar-refractivity contribution < 1.29 is 9.53 Å². The molecular formula is C18H29N5O2. The first kappa shape index (κ1) is 17.9. The van der Waals surface area contributed by atoms with E-state index in [2.05, 4.69) is 41.2 Å². The molecule has 7 nitrogen and oxygen atoms in total. The van der Waals surface area contributed by atoms with Crippen LogP contribution in [-0.4, -0.2) is 66.6 Å². The van der Waals surface area contributed by atoms with E-state index in [0.717, 1.165) is 50.7 Å². The number of rotatable bonds is 3. The molecule has 7 heteroatoms. The van der Waals surface area contributed by atoms with E-state index < -0.39 is 0 Å². The Balaban J connectivity index is 1.48. The van der Waals surface area contributed by atoms with Crippen molar-refractivity contribution in [3.63, 3.8) is 0 Å². The molecule has 3 heterocycles. The molecule has 0 unspecified atom stereocenters. The molecule has 1 aromatic rings. The zero-order valence-corrected chi connectivity index (χ0v) is 15.7. The van der Waals surface area contributed by atoms with Gasteiger partial charge >= 0.3 is 6.03 Å². The van der Waals surface area contributed by atoms with Gasteiger partial charge in [0.25, 0.3) is 0 Å². The van der Waals surface area contributed by atoms with Crippen LogP contribution in [0, 0.1) is 0 Å². The Morgan fingerprint density at radius 3 is 2.48 bits per heavy atom. The number of aromatic nitrogens is 2. The number of urea groups is 1. The van der Waals surface area contributed by atoms with Gasteiger partial charge in [-0.2, -0.15) is 5.10 Å². The van der Waals surface area contributed by atoms with Gasteiger partial charge in [0.05, 0.1) is 11.7 Å². The summed E-state index contributed by atoms with van der Waals surface area (Å²) in [4.78, 5) is 16.3. The molecule has 0 saturated carbocycles. The molecule has 0 aromatic carbocycles. The van der Waals surface area contributed by atoms with Crippen LogP contribution < -0.4 is 10.2 Å². The summed E-state index contributed by atoms with van der Waals surface area (Å²) in [6, 6.07) is 4.51. The molecule has 25 heavy (non-hydrogen) atoms. The summed E-state index contributed by atoms with van der Waals surface area (Å²) >= 11 is 0. The van der Waals surface area contributed by atoms with Gasteiger partial charge in [-0.15, -0.1) is 5.10 Å². The van der Waals surface area contributed by atoms with Gasteiger partial charge < -0.3 is 19.9 Å².